The van der Waals surface area contributed by atoms with Crippen LogP contribution < -0.4 is 14.2 Å². The van der Waals surface area contributed by atoms with Crippen LogP contribution >= 0.6 is 34.8 Å². The van der Waals surface area contributed by atoms with Gasteiger partial charge < -0.3 is 39.4 Å². The maximum atomic E-state index is 11.2. The SMILES string of the molecule is O=C(O)[C@H]1OC(Oc2cc3c(cc2Cl)Oc2cc(Cl)c(Cl)cc2O3)[C@H](O)[C@@H](O)[C@@H]1O. The molecular weight excluding hydrogens is 467 g/mol. The Hall–Kier alpha value is -1.98. The number of hydrogen-bond acceptors (Lipinski definition) is 8. The zero-order chi connectivity index (χ0) is 21.7. The van der Waals surface area contributed by atoms with Gasteiger partial charge in [0.25, 0.3) is 0 Å². The highest BCUT2D eigenvalue weighted by Crippen LogP contribution is 2.50. The number of rotatable bonds is 3. The topological polar surface area (TPSA) is 135 Å². The van der Waals surface area contributed by atoms with E-state index in [4.69, 9.17) is 58.9 Å². The van der Waals surface area contributed by atoms with E-state index in [0.717, 1.165) is 0 Å². The smallest absolute Gasteiger partial charge is 0.335 e. The molecule has 2 aliphatic heterocycles. The van der Waals surface area contributed by atoms with E-state index < -0.39 is 36.7 Å². The van der Waals surface area contributed by atoms with E-state index in [9.17, 15) is 20.1 Å². The van der Waals surface area contributed by atoms with E-state index in [1.54, 1.807) is 0 Å². The van der Waals surface area contributed by atoms with Gasteiger partial charge in [-0.1, -0.05) is 34.8 Å². The summed E-state index contributed by atoms with van der Waals surface area (Å²) >= 11 is 18.2. The molecule has 2 aromatic carbocycles. The molecule has 4 N–H and O–H groups in total. The van der Waals surface area contributed by atoms with Crippen molar-refractivity contribution in [2.75, 3.05) is 0 Å². The van der Waals surface area contributed by atoms with Crippen molar-refractivity contribution in [3.8, 4) is 28.7 Å². The number of carboxylic acids is 1. The van der Waals surface area contributed by atoms with E-state index in [2.05, 4.69) is 0 Å². The highest BCUT2D eigenvalue weighted by Gasteiger charge is 2.48. The summed E-state index contributed by atoms with van der Waals surface area (Å²) in [5, 5.41) is 39.4. The maximum Gasteiger partial charge on any atom is 0.335 e. The van der Waals surface area contributed by atoms with Gasteiger partial charge in [-0.25, -0.2) is 4.79 Å². The van der Waals surface area contributed by atoms with Crippen LogP contribution in [0, 0.1) is 0 Å². The Morgan fingerprint density at radius 1 is 0.800 bits per heavy atom. The van der Waals surface area contributed by atoms with Crippen molar-refractivity contribution in [2.45, 2.75) is 30.7 Å². The Balaban J connectivity index is 1.61. The van der Waals surface area contributed by atoms with Gasteiger partial charge in [0.1, 0.15) is 24.1 Å². The third kappa shape index (κ3) is 3.74. The molecule has 1 unspecified atom stereocenters. The summed E-state index contributed by atoms with van der Waals surface area (Å²) < 4.78 is 22.0. The third-order valence-corrected chi connectivity index (χ3v) is 5.50. The summed E-state index contributed by atoms with van der Waals surface area (Å²) in [7, 11) is 0. The highest BCUT2D eigenvalue weighted by molar-refractivity contribution is 6.42. The minimum Gasteiger partial charge on any atom is -0.479 e. The van der Waals surface area contributed by atoms with Gasteiger partial charge in [-0.05, 0) is 0 Å². The Labute approximate surface area is 183 Å². The largest absolute Gasteiger partial charge is 0.479 e. The van der Waals surface area contributed by atoms with Gasteiger partial charge in [0.15, 0.2) is 29.1 Å². The first-order valence-corrected chi connectivity index (χ1v) is 9.56. The minimum absolute atomic E-state index is 0.0177. The van der Waals surface area contributed by atoms with Crippen molar-refractivity contribution in [2.24, 2.45) is 0 Å². The van der Waals surface area contributed by atoms with Crippen molar-refractivity contribution in [1.29, 1.82) is 0 Å². The third-order valence-electron chi connectivity index (χ3n) is 4.48. The average molecular weight is 480 g/mol. The van der Waals surface area contributed by atoms with Gasteiger partial charge in [-0.2, -0.15) is 0 Å². The fourth-order valence-electron chi connectivity index (χ4n) is 2.95. The zero-order valence-corrected chi connectivity index (χ0v) is 16.9. The summed E-state index contributed by atoms with van der Waals surface area (Å²) in [6.45, 7) is 0. The monoisotopic (exact) mass is 478 g/mol. The van der Waals surface area contributed by atoms with Gasteiger partial charge in [-0.15, -0.1) is 0 Å². The molecule has 1 saturated heterocycles. The lowest BCUT2D eigenvalue weighted by Crippen LogP contribution is -2.61. The summed E-state index contributed by atoms with van der Waals surface area (Å²) in [5.41, 5.74) is 0. The van der Waals surface area contributed by atoms with E-state index in [0.29, 0.717) is 5.75 Å². The number of aliphatic hydroxyl groups is 3. The van der Waals surface area contributed by atoms with Crippen LogP contribution in [0.2, 0.25) is 15.1 Å². The number of carbonyl (C=O) groups is 1. The predicted molar refractivity (Wildman–Crippen MR) is 103 cm³/mol. The van der Waals surface area contributed by atoms with Crippen LogP contribution in [0.5, 0.6) is 28.7 Å². The van der Waals surface area contributed by atoms with Crippen LogP contribution in [0.3, 0.4) is 0 Å². The van der Waals surface area contributed by atoms with Crippen molar-refractivity contribution in [3.05, 3.63) is 39.3 Å². The van der Waals surface area contributed by atoms with Crippen molar-refractivity contribution < 1.29 is 44.2 Å². The number of ether oxygens (including phenoxy) is 4. The number of hydrogen-bond donors (Lipinski definition) is 4. The summed E-state index contributed by atoms with van der Waals surface area (Å²) in [6.07, 6.45) is -8.87. The molecule has 0 aromatic heterocycles. The molecule has 0 spiro atoms. The second-order valence-corrected chi connectivity index (χ2v) is 7.72. The lowest BCUT2D eigenvalue weighted by molar-refractivity contribution is -0.271. The van der Waals surface area contributed by atoms with Crippen LogP contribution in [0.15, 0.2) is 24.3 Å². The van der Waals surface area contributed by atoms with Crippen LogP contribution in [-0.4, -0.2) is 57.1 Å². The number of halogens is 3. The van der Waals surface area contributed by atoms with E-state index in [1.807, 2.05) is 0 Å². The molecule has 4 rings (SSSR count). The quantitative estimate of drug-likeness (QED) is 0.447. The Morgan fingerprint density at radius 2 is 1.30 bits per heavy atom. The first-order chi connectivity index (χ1) is 14.2. The zero-order valence-electron chi connectivity index (χ0n) is 14.7. The molecule has 2 aliphatic rings. The fourth-order valence-corrected chi connectivity index (χ4v) is 3.45. The molecule has 30 heavy (non-hydrogen) atoms. The lowest BCUT2D eigenvalue weighted by Gasteiger charge is -2.38. The standard InChI is InChI=1S/C18H13Cl3O9/c19-5-1-9-10(2-6(5)20)28-12-4-8(7(21)3-11(12)27-9)29-18-15(24)13(22)14(23)16(30-18)17(25)26/h1-4,13-16,18,22-24H,(H,25,26)/t13-,14-,15+,16-,18?/m0/s1. The van der Waals surface area contributed by atoms with Crippen molar-refractivity contribution >= 4 is 40.8 Å². The van der Waals surface area contributed by atoms with Crippen LogP contribution in [0.4, 0.5) is 0 Å². The molecule has 0 saturated carbocycles. The summed E-state index contributed by atoms with van der Waals surface area (Å²) in [4.78, 5) is 11.2. The second kappa shape index (κ2) is 7.93. The molecule has 2 aromatic rings. The van der Waals surface area contributed by atoms with Crippen LogP contribution in [-0.2, 0) is 9.53 Å². The second-order valence-electron chi connectivity index (χ2n) is 6.50. The molecule has 12 heteroatoms. The maximum absolute atomic E-state index is 11.2. The number of benzene rings is 2. The summed E-state index contributed by atoms with van der Waals surface area (Å²) in [6, 6.07) is 5.63. The van der Waals surface area contributed by atoms with Gasteiger partial charge in [0.2, 0.25) is 6.29 Å². The van der Waals surface area contributed by atoms with Gasteiger partial charge in [-0.3, -0.25) is 0 Å². The Bertz CT molecular complexity index is 1010. The van der Waals surface area contributed by atoms with Crippen LogP contribution in [0.1, 0.15) is 0 Å². The highest BCUT2D eigenvalue weighted by atomic mass is 35.5. The predicted octanol–water partition coefficient (Wildman–Crippen LogP) is 2.82. The normalized spacial score (nSPS) is 27.3. The van der Waals surface area contributed by atoms with Crippen LogP contribution in [0.25, 0.3) is 0 Å². The van der Waals surface area contributed by atoms with Crippen molar-refractivity contribution in [3.63, 3.8) is 0 Å². The number of fused-ring (bicyclic) bond motifs is 2. The van der Waals surface area contributed by atoms with Gasteiger partial charge in [0, 0.05) is 24.3 Å². The molecule has 0 aliphatic carbocycles. The summed E-state index contributed by atoms with van der Waals surface area (Å²) in [5.74, 6) is -0.581. The number of aliphatic carboxylic acids is 1. The molecule has 0 radical (unpaired) electrons. The first kappa shape index (κ1) is 21.3. The first-order valence-electron chi connectivity index (χ1n) is 8.43. The van der Waals surface area contributed by atoms with E-state index in [-0.39, 0.29) is 38.1 Å². The van der Waals surface area contributed by atoms with Crippen molar-refractivity contribution in [1.82, 2.24) is 0 Å². The molecule has 0 bridgehead atoms. The Morgan fingerprint density at radius 3 is 1.83 bits per heavy atom. The molecular formula is C18H13Cl3O9. The lowest BCUT2D eigenvalue weighted by atomic mass is 9.99. The molecule has 2 heterocycles. The molecule has 0 amide bonds. The minimum atomic E-state index is -1.85. The molecule has 9 nitrogen and oxygen atoms in total. The van der Waals surface area contributed by atoms with Gasteiger partial charge in [0.05, 0.1) is 15.1 Å². The average Bonchev–Trinajstić information content (AvgIpc) is 2.68. The molecule has 1 fully saturated rings. The molecule has 5 atom stereocenters. The Kier molecular flexibility index (Phi) is 5.62. The number of aliphatic hydroxyl groups excluding tert-OH is 3. The fraction of sp³-hybridized carbons (Fsp3) is 0.278. The molecule has 160 valence electrons. The van der Waals surface area contributed by atoms with E-state index in [1.165, 1.54) is 24.3 Å². The van der Waals surface area contributed by atoms with E-state index >= 15 is 0 Å². The number of carboxylic acid groups (broad SMARTS) is 1. The van der Waals surface area contributed by atoms with Gasteiger partial charge >= 0.3 is 5.97 Å².